The zero-order valence-electron chi connectivity index (χ0n) is 10.9. The van der Waals surface area contributed by atoms with Gasteiger partial charge in [-0.2, -0.15) is 0 Å². The summed E-state index contributed by atoms with van der Waals surface area (Å²) in [6, 6.07) is 4.77. The second-order valence-electron chi connectivity index (χ2n) is 4.35. The Labute approximate surface area is 117 Å². The van der Waals surface area contributed by atoms with E-state index in [-0.39, 0.29) is 18.1 Å². The summed E-state index contributed by atoms with van der Waals surface area (Å²) in [5.74, 6) is 0.445. The zero-order valence-corrected chi connectivity index (χ0v) is 11.7. The number of benzene rings is 1. The average Bonchev–Trinajstić information content (AvgIpc) is 2.39. The fourth-order valence-electron chi connectivity index (χ4n) is 1.99. The molecule has 104 valence electrons. The molecule has 19 heavy (non-hydrogen) atoms. The summed E-state index contributed by atoms with van der Waals surface area (Å²) in [5.41, 5.74) is 0.635. The van der Waals surface area contributed by atoms with E-state index in [4.69, 9.17) is 21.1 Å². The van der Waals surface area contributed by atoms with Crippen LogP contribution in [0.15, 0.2) is 18.2 Å². The van der Waals surface area contributed by atoms with Crippen LogP contribution in [0, 0.1) is 0 Å². The normalized spacial score (nSPS) is 22.9. The fourth-order valence-corrected chi connectivity index (χ4v) is 2.25. The van der Waals surface area contributed by atoms with Crippen molar-refractivity contribution < 1.29 is 14.3 Å². The second kappa shape index (κ2) is 6.23. The van der Waals surface area contributed by atoms with Crippen LogP contribution in [-0.2, 0) is 9.53 Å². The van der Waals surface area contributed by atoms with Gasteiger partial charge in [0.15, 0.2) is 0 Å². The third-order valence-corrected chi connectivity index (χ3v) is 3.31. The Morgan fingerprint density at radius 1 is 1.58 bits per heavy atom. The van der Waals surface area contributed by atoms with Gasteiger partial charge in [-0.05, 0) is 25.1 Å². The van der Waals surface area contributed by atoms with Gasteiger partial charge in [0.1, 0.15) is 11.8 Å². The molecule has 1 aromatic rings. The Balaban J connectivity index is 2.04. The molecule has 0 bridgehead atoms. The summed E-state index contributed by atoms with van der Waals surface area (Å²) in [5, 5.41) is 6.40. The standard InChI is InChI=1S/C13H17ClN2O3/c1-8-12(15-5-6-19-8)13(17)16-9-3-4-11(18-2)10(14)7-9/h3-4,7-8,12,15H,5-6H2,1-2H3,(H,16,17)/t8-,12+/m1/s1. The molecule has 1 aliphatic heterocycles. The van der Waals surface area contributed by atoms with Crippen molar-refractivity contribution in [3.63, 3.8) is 0 Å². The van der Waals surface area contributed by atoms with Gasteiger partial charge in [-0.15, -0.1) is 0 Å². The summed E-state index contributed by atoms with van der Waals surface area (Å²) < 4.78 is 10.5. The van der Waals surface area contributed by atoms with E-state index in [0.717, 1.165) is 0 Å². The fraction of sp³-hybridized carbons (Fsp3) is 0.462. The number of amides is 1. The van der Waals surface area contributed by atoms with Gasteiger partial charge in [0.05, 0.1) is 24.8 Å². The molecule has 1 aromatic carbocycles. The number of hydrogen-bond donors (Lipinski definition) is 2. The molecule has 1 aliphatic rings. The minimum atomic E-state index is -0.352. The van der Waals surface area contributed by atoms with E-state index >= 15 is 0 Å². The SMILES string of the molecule is COc1ccc(NC(=O)[C@H]2NCCO[C@@H]2C)cc1Cl. The summed E-state index contributed by atoms with van der Waals surface area (Å²) >= 11 is 6.01. The number of halogens is 1. The summed E-state index contributed by atoms with van der Waals surface area (Å²) in [6.07, 6.45) is -0.150. The number of methoxy groups -OCH3 is 1. The van der Waals surface area contributed by atoms with E-state index < -0.39 is 0 Å². The molecule has 1 amide bonds. The Hall–Kier alpha value is -1.30. The van der Waals surface area contributed by atoms with Crippen LogP contribution in [0.3, 0.4) is 0 Å². The summed E-state index contributed by atoms with van der Waals surface area (Å²) in [6.45, 7) is 3.17. The van der Waals surface area contributed by atoms with E-state index in [1.165, 1.54) is 0 Å². The van der Waals surface area contributed by atoms with E-state index in [9.17, 15) is 4.79 Å². The molecule has 1 fully saturated rings. The van der Waals surface area contributed by atoms with E-state index in [2.05, 4.69) is 10.6 Å². The number of rotatable bonds is 3. The molecule has 1 heterocycles. The van der Waals surface area contributed by atoms with Gasteiger partial charge in [0, 0.05) is 12.2 Å². The van der Waals surface area contributed by atoms with E-state index in [0.29, 0.717) is 29.6 Å². The van der Waals surface area contributed by atoms with Crippen LogP contribution in [0.1, 0.15) is 6.92 Å². The van der Waals surface area contributed by atoms with Crippen molar-refractivity contribution >= 4 is 23.2 Å². The predicted molar refractivity (Wildman–Crippen MR) is 73.8 cm³/mol. The number of hydrogen-bond acceptors (Lipinski definition) is 4. The van der Waals surface area contributed by atoms with Gasteiger partial charge >= 0.3 is 0 Å². The van der Waals surface area contributed by atoms with Crippen LogP contribution in [0.5, 0.6) is 5.75 Å². The molecule has 0 aromatic heterocycles. The zero-order chi connectivity index (χ0) is 13.8. The first-order chi connectivity index (χ1) is 9.11. The molecule has 2 rings (SSSR count). The first-order valence-electron chi connectivity index (χ1n) is 6.11. The lowest BCUT2D eigenvalue weighted by molar-refractivity contribution is -0.123. The van der Waals surface area contributed by atoms with Gasteiger partial charge < -0.3 is 20.1 Å². The average molecular weight is 285 g/mol. The van der Waals surface area contributed by atoms with Crippen LogP contribution in [0.2, 0.25) is 5.02 Å². The number of carbonyl (C=O) groups excluding carboxylic acids is 1. The van der Waals surface area contributed by atoms with Crippen LogP contribution in [0.25, 0.3) is 0 Å². The van der Waals surface area contributed by atoms with E-state index in [1.807, 2.05) is 6.92 Å². The van der Waals surface area contributed by atoms with Gasteiger partial charge in [-0.1, -0.05) is 11.6 Å². The third kappa shape index (κ3) is 3.37. The van der Waals surface area contributed by atoms with Crippen LogP contribution >= 0.6 is 11.6 Å². The molecule has 1 saturated heterocycles. The molecule has 6 heteroatoms. The van der Waals surface area contributed by atoms with Gasteiger partial charge in [0.25, 0.3) is 0 Å². The molecule has 0 spiro atoms. The van der Waals surface area contributed by atoms with Crippen molar-refractivity contribution in [3.8, 4) is 5.75 Å². The number of nitrogens with one attached hydrogen (secondary N) is 2. The minimum Gasteiger partial charge on any atom is -0.495 e. The van der Waals surface area contributed by atoms with Crippen LogP contribution < -0.4 is 15.4 Å². The highest BCUT2D eigenvalue weighted by Crippen LogP contribution is 2.27. The highest BCUT2D eigenvalue weighted by Gasteiger charge is 2.28. The maximum atomic E-state index is 12.1. The topological polar surface area (TPSA) is 59.6 Å². The van der Waals surface area contributed by atoms with Crippen molar-refractivity contribution in [2.24, 2.45) is 0 Å². The van der Waals surface area contributed by atoms with Crippen LogP contribution in [0.4, 0.5) is 5.69 Å². The number of morpholine rings is 1. The molecule has 0 aliphatic carbocycles. The molecule has 0 unspecified atom stereocenters. The lowest BCUT2D eigenvalue weighted by Crippen LogP contribution is -2.53. The predicted octanol–water partition coefficient (Wildman–Crippen LogP) is 1.66. The summed E-state index contributed by atoms with van der Waals surface area (Å²) in [4.78, 5) is 12.1. The highest BCUT2D eigenvalue weighted by molar-refractivity contribution is 6.32. The monoisotopic (exact) mass is 284 g/mol. The smallest absolute Gasteiger partial charge is 0.244 e. The Morgan fingerprint density at radius 2 is 2.37 bits per heavy atom. The Bertz CT molecular complexity index is 467. The van der Waals surface area contributed by atoms with Crippen molar-refractivity contribution in [3.05, 3.63) is 23.2 Å². The summed E-state index contributed by atoms with van der Waals surface area (Å²) in [7, 11) is 1.55. The Kier molecular flexibility index (Phi) is 4.63. The van der Waals surface area contributed by atoms with Gasteiger partial charge in [-0.25, -0.2) is 0 Å². The highest BCUT2D eigenvalue weighted by atomic mass is 35.5. The quantitative estimate of drug-likeness (QED) is 0.886. The maximum absolute atomic E-state index is 12.1. The lowest BCUT2D eigenvalue weighted by atomic mass is 10.1. The van der Waals surface area contributed by atoms with E-state index in [1.54, 1.807) is 25.3 Å². The third-order valence-electron chi connectivity index (χ3n) is 3.02. The largest absolute Gasteiger partial charge is 0.495 e. The molecule has 2 N–H and O–H groups in total. The van der Waals surface area contributed by atoms with Crippen LogP contribution in [-0.4, -0.2) is 38.3 Å². The molecule has 2 atom stereocenters. The van der Waals surface area contributed by atoms with Crippen molar-refractivity contribution in [2.45, 2.75) is 19.1 Å². The number of carbonyl (C=O) groups is 1. The van der Waals surface area contributed by atoms with Crippen molar-refractivity contribution in [1.82, 2.24) is 5.32 Å². The van der Waals surface area contributed by atoms with Gasteiger partial charge in [0.2, 0.25) is 5.91 Å². The van der Waals surface area contributed by atoms with Crippen molar-refractivity contribution in [1.29, 1.82) is 0 Å². The maximum Gasteiger partial charge on any atom is 0.244 e. The van der Waals surface area contributed by atoms with Crippen molar-refractivity contribution in [2.75, 3.05) is 25.6 Å². The first kappa shape index (κ1) is 14.1. The molecular formula is C13H17ClN2O3. The second-order valence-corrected chi connectivity index (χ2v) is 4.75. The minimum absolute atomic E-state index is 0.131. The number of ether oxygens (including phenoxy) is 2. The molecule has 0 saturated carbocycles. The first-order valence-corrected chi connectivity index (χ1v) is 6.49. The molecule has 0 radical (unpaired) electrons. The number of anilines is 1. The lowest BCUT2D eigenvalue weighted by Gasteiger charge is -2.29. The van der Waals surface area contributed by atoms with Gasteiger partial charge in [-0.3, -0.25) is 4.79 Å². The molecular weight excluding hydrogens is 268 g/mol. The molecule has 5 nitrogen and oxygen atoms in total. The Morgan fingerprint density at radius 3 is 3.00 bits per heavy atom.